The number of hydrogen-bond donors (Lipinski definition) is 3. The molecule has 0 saturated heterocycles. The van der Waals surface area contributed by atoms with E-state index >= 15 is 0 Å². The number of hydrogen-bond acceptors (Lipinski definition) is 5. The van der Waals surface area contributed by atoms with Crippen molar-refractivity contribution < 1.29 is 19.7 Å². The molecule has 3 aromatic rings. The molecule has 0 amide bonds. The third-order valence-electron chi connectivity index (χ3n) is 5.07. The van der Waals surface area contributed by atoms with Gasteiger partial charge in [0.15, 0.2) is 0 Å². The van der Waals surface area contributed by atoms with Gasteiger partial charge < -0.3 is 20.3 Å². The van der Waals surface area contributed by atoms with Crippen molar-refractivity contribution in [2.75, 3.05) is 19.7 Å². The van der Waals surface area contributed by atoms with E-state index in [1.54, 1.807) is 24.5 Å². The molecule has 0 aliphatic carbocycles. The Labute approximate surface area is 188 Å². The van der Waals surface area contributed by atoms with Gasteiger partial charge in [-0.2, -0.15) is 0 Å². The molecule has 0 spiro atoms. The molecule has 0 unspecified atom stereocenters. The van der Waals surface area contributed by atoms with Gasteiger partial charge in [0.05, 0.1) is 12.7 Å². The fraction of sp³-hybridized carbons (Fsp3) is 0.308. The highest BCUT2D eigenvalue weighted by molar-refractivity contribution is 5.92. The Morgan fingerprint density at radius 2 is 1.84 bits per heavy atom. The van der Waals surface area contributed by atoms with Gasteiger partial charge in [-0.1, -0.05) is 50.2 Å². The minimum Gasteiger partial charge on any atom is -0.492 e. The molecule has 0 saturated carbocycles. The summed E-state index contributed by atoms with van der Waals surface area (Å²) in [6, 6.07) is 17.1. The molecule has 6 heteroatoms. The molecule has 1 aromatic heterocycles. The Balaban J connectivity index is 1.57. The zero-order valence-electron chi connectivity index (χ0n) is 18.5. The molecule has 6 nitrogen and oxygen atoms in total. The van der Waals surface area contributed by atoms with E-state index in [2.05, 4.69) is 22.4 Å². The number of ether oxygens (including phenoxy) is 1. The van der Waals surface area contributed by atoms with Crippen LogP contribution >= 0.6 is 0 Å². The van der Waals surface area contributed by atoms with Crippen LogP contribution in [0.25, 0.3) is 11.1 Å². The number of nitrogens with zero attached hydrogens (tertiary/aromatic N) is 1. The van der Waals surface area contributed by atoms with E-state index in [-0.39, 0.29) is 5.56 Å². The lowest BCUT2D eigenvalue weighted by molar-refractivity contribution is 0.0691. The number of aromatic nitrogens is 1. The van der Waals surface area contributed by atoms with Gasteiger partial charge in [0.25, 0.3) is 0 Å². The highest BCUT2D eigenvalue weighted by atomic mass is 16.5. The minimum atomic E-state index is -0.994. The second kappa shape index (κ2) is 11.4. The summed E-state index contributed by atoms with van der Waals surface area (Å²) in [5, 5.41) is 22.9. The highest BCUT2D eigenvalue weighted by Crippen LogP contribution is 2.28. The largest absolute Gasteiger partial charge is 0.492 e. The van der Waals surface area contributed by atoms with Crippen molar-refractivity contribution in [1.29, 1.82) is 0 Å². The number of aromatic carboxylic acids is 1. The van der Waals surface area contributed by atoms with Crippen molar-refractivity contribution in [3.05, 3.63) is 83.7 Å². The van der Waals surface area contributed by atoms with Gasteiger partial charge in [-0.15, -0.1) is 0 Å². The lowest BCUT2D eigenvalue weighted by Gasteiger charge is -2.13. The predicted octanol–water partition coefficient (Wildman–Crippen LogP) is 4.35. The van der Waals surface area contributed by atoms with Crippen molar-refractivity contribution >= 4 is 5.97 Å². The Kier molecular flexibility index (Phi) is 8.36. The average molecular weight is 435 g/mol. The molecule has 1 heterocycles. The summed E-state index contributed by atoms with van der Waals surface area (Å²) in [5.41, 5.74) is 4.06. The van der Waals surface area contributed by atoms with Crippen LogP contribution in [0.15, 0.2) is 67.0 Å². The van der Waals surface area contributed by atoms with E-state index in [1.807, 2.05) is 44.2 Å². The molecule has 2 aromatic carbocycles. The molecule has 1 atom stereocenters. The Bertz CT molecular complexity index is 1000. The number of carboxylic acids is 1. The van der Waals surface area contributed by atoms with Gasteiger partial charge in [0, 0.05) is 24.5 Å². The quantitative estimate of drug-likeness (QED) is 0.389. The van der Waals surface area contributed by atoms with Gasteiger partial charge in [0.1, 0.15) is 11.3 Å². The lowest BCUT2D eigenvalue weighted by Crippen LogP contribution is -2.23. The fourth-order valence-electron chi connectivity index (χ4n) is 3.28. The molecular weight excluding hydrogens is 404 g/mol. The van der Waals surface area contributed by atoms with Crippen molar-refractivity contribution in [2.24, 2.45) is 5.92 Å². The second-order valence-electron chi connectivity index (χ2n) is 8.17. The maximum atomic E-state index is 11.5. The summed E-state index contributed by atoms with van der Waals surface area (Å²) in [7, 11) is 0. The van der Waals surface area contributed by atoms with Crippen LogP contribution in [-0.2, 0) is 6.42 Å². The van der Waals surface area contributed by atoms with Gasteiger partial charge >= 0.3 is 5.97 Å². The summed E-state index contributed by atoms with van der Waals surface area (Å²) in [6.45, 7) is 5.73. The molecule has 3 N–H and O–H groups in total. The van der Waals surface area contributed by atoms with Crippen molar-refractivity contribution in [3.63, 3.8) is 0 Å². The fourth-order valence-corrected chi connectivity index (χ4v) is 3.28. The van der Waals surface area contributed by atoms with Crippen LogP contribution in [0.5, 0.6) is 5.75 Å². The van der Waals surface area contributed by atoms with Gasteiger partial charge in [0.2, 0.25) is 0 Å². The van der Waals surface area contributed by atoms with E-state index in [1.165, 1.54) is 5.56 Å². The molecular formula is C26H30N2O4. The summed E-state index contributed by atoms with van der Waals surface area (Å²) in [4.78, 5) is 15.5. The van der Waals surface area contributed by atoms with E-state index in [4.69, 9.17) is 4.74 Å². The standard InChI is InChI=1S/C26H30N2O4/c1-18(2)17-32-25-14-21(9-10-23(25)26(30)31)20-7-5-19(6-8-20)11-13-28-16-24(29)22-4-3-12-27-15-22/h3-10,12,14-15,18,24,28-29H,11,13,16-17H2,1-2H3,(H,30,31)/t24-/m1/s1. The lowest BCUT2D eigenvalue weighted by atomic mass is 10.0. The molecule has 0 fully saturated rings. The van der Waals surface area contributed by atoms with Gasteiger partial charge in [-0.3, -0.25) is 4.98 Å². The van der Waals surface area contributed by atoms with E-state index in [0.717, 1.165) is 29.7 Å². The number of aliphatic hydroxyl groups is 1. The third-order valence-corrected chi connectivity index (χ3v) is 5.07. The maximum Gasteiger partial charge on any atom is 0.339 e. The zero-order chi connectivity index (χ0) is 22.9. The molecule has 0 aliphatic heterocycles. The van der Waals surface area contributed by atoms with Crippen molar-refractivity contribution in [3.8, 4) is 16.9 Å². The van der Waals surface area contributed by atoms with Crippen LogP contribution in [0.4, 0.5) is 0 Å². The van der Waals surface area contributed by atoms with E-state index < -0.39 is 12.1 Å². The molecule has 0 bridgehead atoms. The first-order valence-corrected chi connectivity index (χ1v) is 10.8. The van der Waals surface area contributed by atoms with Crippen LogP contribution in [0, 0.1) is 5.92 Å². The SMILES string of the molecule is CC(C)COc1cc(-c2ccc(CCNC[C@@H](O)c3cccnc3)cc2)ccc1C(=O)O. The van der Waals surface area contributed by atoms with Crippen LogP contribution in [0.1, 0.15) is 41.4 Å². The summed E-state index contributed by atoms with van der Waals surface area (Å²) >= 11 is 0. The first-order valence-electron chi connectivity index (χ1n) is 10.8. The van der Waals surface area contributed by atoms with Crippen molar-refractivity contribution in [2.45, 2.75) is 26.4 Å². The minimum absolute atomic E-state index is 0.172. The van der Waals surface area contributed by atoms with Crippen LogP contribution in [0.3, 0.4) is 0 Å². The predicted molar refractivity (Wildman–Crippen MR) is 125 cm³/mol. The highest BCUT2D eigenvalue weighted by Gasteiger charge is 2.13. The summed E-state index contributed by atoms with van der Waals surface area (Å²) in [6.07, 6.45) is 3.62. The van der Waals surface area contributed by atoms with Gasteiger partial charge in [-0.05, 0) is 53.8 Å². The third kappa shape index (κ3) is 6.64. The Hall–Kier alpha value is -3.22. The number of aliphatic hydroxyl groups excluding tert-OH is 1. The zero-order valence-corrected chi connectivity index (χ0v) is 18.5. The number of carboxylic acid groups (broad SMARTS) is 1. The maximum absolute atomic E-state index is 11.5. The van der Waals surface area contributed by atoms with Crippen molar-refractivity contribution in [1.82, 2.24) is 10.3 Å². The number of nitrogens with one attached hydrogen (secondary N) is 1. The topological polar surface area (TPSA) is 91.7 Å². The molecule has 0 radical (unpaired) electrons. The van der Waals surface area contributed by atoms with Crippen LogP contribution in [-0.4, -0.2) is 40.9 Å². The molecule has 0 aliphatic rings. The van der Waals surface area contributed by atoms with Crippen LogP contribution < -0.4 is 10.1 Å². The normalized spacial score (nSPS) is 12.0. The smallest absolute Gasteiger partial charge is 0.339 e. The second-order valence-corrected chi connectivity index (χ2v) is 8.17. The van der Waals surface area contributed by atoms with E-state index in [9.17, 15) is 15.0 Å². The molecule has 168 valence electrons. The number of benzene rings is 2. The van der Waals surface area contributed by atoms with Crippen LogP contribution in [0.2, 0.25) is 0 Å². The molecule has 3 rings (SSSR count). The average Bonchev–Trinajstić information content (AvgIpc) is 2.81. The number of carbonyl (C=O) groups is 1. The van der Waals surface area contributed by atoms with Gasteiger partial charge in [-0.25, -0.2) is 4.79 Å². The number of pyridine rings is 1. The first kappa shape index (κ1) is 23.4. The first-order chi connectivity index (χ1) is 15.4. The Morgan fingerprint density at radius 3 is 2.50 bits per heavy atom. The summed E-state index contributed by atoms with van der Waals surface area (Å²) < 4.78 is 5.75. The summed E-state index contributed by atoms with van der Waals surface area (Å²) in [5.74, 6) is -0.297. The monoisotopic (exact) mass is 434 g/mol. The molecule has 32 heavy (non-hydrogen) atoms. The number of rotatable bonds is 11. The van der Waals surface area contributed by atoms with E-state index in [0.29, 0.717) is 24.8 Å². The Morgan fingerprint density at radius 1 is 1.09 bits per heavy atom.